The first-order chi connectivity index (χ1) is 9.65. The second-order valence-electron chi connectivity index (χ2n) is 6.01. The summed E-state index contributed by atoms with van der Waals surface area (Å²) in [5.41, 5.74) is 7.00. The van der Waals surface area contributed by atoms with Gasteiger partial charge in [-0.2, -0.15) is 0 Å². The number of aromatic nitrogens is 2. The average Bonchev–Trinajstić information content (AvgIpc) is 3.27. The van der Waals surface area contributed by atoms with Crippen LogP contribution >= 0.6 is 0 Å². The second-order valence-corrected chi connectivity index (χ2v) is 6.01. The van der Waals surface area contributed by atoms with Gasteiger partial charge in [0.15, 0.2) is 0 Å². The van der Waals surface area contributed by atoms with E-state index >= 15 is 0 Å². The van der Waals surface area contributed by atoms with Crippen LogP contribution in [0.2, 0.25) is 0 Å². The van der Waals surface area contributed by atoms with Gasteiger partial charge in [-0.15, -0.1) is 0 Å². The number of hydrogen-bond acceptors (Lipinski definition) is 4. The lowest BCUT2D eigenvalue weighted by atomic mass is 9.99. The molecule has 112 valence electrons. The van der Waals surface area contributed by atoms with Crippen LogP contribution in [-0.4, -0.2) is 16.5 Å². The van der Waals surface area contributed by atoms with Crippen LogP contribution in [0.4, 0.5) is 11.6 Å². The maximum absolute atomic E-state index is 6.02. The van der Waals surface area contributed by atoms with Crippen LogP contribution in [0, 0.1) is 12.8 Å². The average molecular weight is 276 g/mol. The largest absolute Gasteiger partial charge is 0.383 e. The lowest BCUT2D eigenvalue weighted by Gasteiger charge is -2.17. The molecule has 0 spiro atoms. The number of nitrogens with two attached hydrogens (primary N) is 1. The Balaban J connectivity index is 2.00. The predicted octanol–water partition coefficient (Wildman–Crippen LogP) is 3.87. The first-order valence-corrected chi connectivity index (χ1v) is 8.03. The summed E-state index contributed by atoms with van der Waals surface area (Å²) in [6, 6.07) is 0. The van der Waals surface area contributed by atoms with Crippen LogP contribution in [0.25, 0.3) is 0 Å². The van der Waals surface area contributed by atoms with Crippen molar-refractivity contribution in [2.24, 2.45) is 5.92 Å². The van der Waals surface area contributed by atoms with E-state index in [0.29, 0.717) is 11.7 Å². The molecule has 1 aliphatic rings. The highest BCUT2D eigenvalue weighted by Crippen LogP contribution is 2.39. The van der Waals surface area contributed by atoms with Crippen molar-refractivity contribution in [3.63, 3.8) is 0 Å². The molecule has 1 atom stereocenters. The third kappa shape index (κ3) is 3.84. The molecule has 0 amide bonds. The molecule has 1 aromatic rings. The molecular weight excluding hydrogens is 248 g/mol. The van der Waals surface area contributed by atoms with Gasteiger partial charge in [-0.05, 0) is 32.1 Å². The highest BCUT2D eigenvalue weighted by Gasteiger charge is 2.27. The Morgan fingerprint density at radius 3 is 2.65 bits per heavy atom. The summed E-state index contributed by atoms with van der Waals surface area (Å²) in [5.74, 6) is 3.76. The fourth-order valence-corrected chi connectivity index (χ4v) is 2.43. The maximum Gasteiger partial charge on any atom is 0.136 e. The molecule has 0 saturated heterocycles. The van der Waals surface area contributed by atoms with E-state index < -0.39 is 0 Å². The fourth-order valence-electron chi connectivity index (χ4n) is 2.43. The quantitative estimate of drug-likeness (QED) is 0.756. The molecule has 0 bridgehead atoms. The molecule has 4 heteroatoms. The van der Waals surface area contributed by atoms with E-state index in [4.69, 9.17) is 5.73 Å². The van der Waals surface area contributed by atoms with Gasteiger partial charge < -0.3 is 11.1 Å². The third-order valence-corrected chi connectivity index (χ3v) is 4.24. The third-order valence-electron chi connectivity index (χ3n) is 4.24. The van der Waals surface area contributed by atoms with Crippen molar-refractivity contribution >= 4 is 11.6 Å². The van der Waals surface area contributed by atoms with E-state index in [-0.39, 0.29) is 0 Å². The Labute approximate surface area is 122 Å². The van der Waals surface area contributed by atoms with Crippen LogP contribution in [0.5, 0.6) is 0 Å². The summed E-state index contributed by atoms with van der Waals surface area (Å²) in [5, 5.41) is 3.51. The Kier molecular flexibility index (Phi) is 5.21. The summed E-state index contributed by atoms with van der Waals surface area (Å²) in [6.07, 6.45) is 7.48. The van der Waals surface area contributed by atoms with E-state index in [0.717, 1.165) is 29.7 Å². The summed E-state index contributed by atoms with van der Waals surface area (Å²) in [7, 11) is 0. The summed E-state index contributed by atoms with van der Waals surface area (Å²) in [4.78, 5) is 9.10. The van der Waals surface area contributed by atoms with Gasteiger partial charge in [0, 0.05) is 18.0 Å². The van der Waals surface area contributed by atoms with Crippen molar-refractivity contribution in [3.8, 4) is 0 Å². The smallest absolute Gasteiger partial charge is 0.136 e. The zero-order valence-electron chi connectivity index (χ0n) is 13.1. The minimum Gasteiger partial charge on any atom is -0.383 e. The van der Waals surface area contributed by atoms with Crippen LogP contribution in [-0.2, 0) is 0 Å². The van der Waals surface area contributed by atoms with E-state index in [1.807, 2.05) is 6.92 Å². The molecule has 20 heavy (non-hydrogen) atoms. The van der Waals surface area contributed by atoms with Crippen molar-refractivity contribution in [1.29, 1.82) is 0 Å². The van der Waals surface area contributed by atoms with Crippen molar-refractivity contribution in [2.45, 2.75) is 65.2 Å². The number of rotatable bonds is 8. The maximum atomic E-state index is 6.02. The highest BCUT2D eigenvalue weighted by molar-refractivity contribution is 5.55. The zero-order valence-corrected chi connectivity index (χ0v) is 13.1. The van der Waals surface area contributed by atoms with Crippen molar-refractivity contribution in [2.75, 3.05) is 17.6 Å². The van der Waals surface area contributed by atoms with E-state index in [1.54, 1.807) is 0 Å². The Morgan fingerprint density at radius 1 is 1.30 bits per heavy atom. The lowest BCUT2D eigenvalue weighted by molar-refractivity contribution is 0.472. The number of nitrogens with one attached hydrogen (secondary N) is 1. The van der Waals surface area contributed by atoms with Crippen molar-refractivity contribution in [3.05, 3.63) is 11.4 Å². The number of unbranched alkanes of at least 4 members (excludes halogenated alkanes) is 1. The molecule has 0 radical (unpaired) electrons. The molecule has 1 aliphatic carbocycles. The lowest BCUT2D eigenvalue weighted by Crippen LogP contribution is -2.16. The summed E-state index contributed by atoms with van der Waals surface area (Å²) >= 11 is 0. The van der Waals surface area contributed by atoms with Gasteiger partial charge in [0.1, 0.15) is 17.5 Å². The minimum absolute atomic E-state index is 0.542. The standard InChI is InChI=1S/C16H28N4/c1-4-6-7-12(5-2)10-18-15-11(3)14(17)19-16(20-15)13-8-9-13/h12-13H,4-10H2,1-3H3,(H3,17,18,19,20). The van der Waals surface area contributed by atoms with Gasteiger partial charge in [-0.25, -0.2) is 9.97 Å². The summed E-state index contributed by atoms with van der Waals surface area (Å²) < 4.78 is 0. The van der Waals surface area contributed by atoms with Crippen LogP contribution in [0.15, 0.2) is 0 Å². The molecule has 1 heterocycles. The van der Waals surface area contributed by atoms with Gasteiger partial charge in [-0.1, -0.05) is 33.1 Å². The van der Waals surface area contributed by atoms with Crippen LogP contribution in [0.3, 0.4) is 0 Å². The minimum atomic E-state index is 0.542. The van der Waals surface area contributed by atoms with Crippen molar-refractivity contribution < 1.29 is 0 Å². The molecule has 3 N–H and O–H groups in total. The Hall–Kier alpha value is -1.32. The van der Waals surface area contributed by atoms with Crippen LogP contribution < -0.4 is 11.1 Å². The molecule has 4 nitrogen and oxygen atoms in total. The normalized spacial score (nSPS) is 16.1. The topological polar surface area (TPSA) is 63.8 Å². The van der Waals surface area contributed by atoms with Crippen molar-refractivity contribution in [1.82, 2.24) is 9.97 Å². The molecule has 0 aromatic carbocycles. The second kappa shape index (κ2) is 6.91. The first-order valence-electron chi connectivity index (χ1n) is 8.03. The molecule has 1 unspecified atom stereocenters. The van der Waals surface area contributed by atoms with Gasteiger partial charge in [0.05, 0.1) is 0 Å². The van der Waals surface area contributed by atoms with Crippen LogP contribution in [0.1, 0.15) is 69.7 Å². The number of anilines is 2. The number of hydrogen-bond donors (Lipinski definition) is 2. The Morgan fingerprint density at radius 2 is 2.05 bits per heavy atom. The Bertz CT molecular complexity index is 440. The molecule has 0 aliphatic heterocycles. The number of nitrogens with zero attached hydrogens (tertiary/aromatic N) is 2. The highest BCUT2D eigenvalue weighted by atomic mass is 15.1. The summed E-state index contributed by atoms with van der Waals surface area (Å²) in [6.45, 7) is 7.50. The molecular formula is C16H28N4. The van der Waals surface area contributed by atoms with Gasteiger partial charge in [0.25, 0.3) is 0 Å². The van der Waals surface area contributed by atoms with E-state index in [2.05, 4.69) is 29.1 Å². The molecule has 2 rings (SSSR count). The fraction of sp³-hybridized carbons (Fsp3) is 0.750. The number of nitrogen functional groups attached to an aromatic ring is 1. The van der Waals surface area contributed by atoms with Gasteiger partial charge in [0.2, 0.25) is 0 Å². The molecule has 1 saturated carbocycles. The van der Waals surface area contributed by atoms with E-state index in [1.165, 1.54) is 38.5 Å². The molecule has 1 aromatic heterocycles. The first kappa shape index (κ1) is 15.1. The SMILES string of the molecule is CCCCC(CC)CNc1nc(C2CC2)nc(N)c1C. The molecule has 1 fully saturated rings. The van der Waals surface area contributed by atoms with Gasteiger partial charge >= 0.3 is 0 Å². The zero-order chi connectivity index (χ0) is 14.5. The van der Waals surface area contributed by atoms with Gasteiger partial charge in [-0.3, -0.25) is 0 Å². The monoisotopic (exact) mass is 276 g/mol. The van der Waals surface area contributed by atoms with E-state index in [9.17, 15) is 0 Å². The predicted molar refractivity (Wildman–Crippen MR) is 85.0 cm³/mol.